The number of aryl methyl sites for hydroxylation is 3. The molecule has 0 aliphatic carbocycles. The standard InChI is InChI=1S/C24H31N3O2/c1-4-8-24(28)25-14-13-23-26-21-9-5-6-10-22(21)27(23)15-7-16-29-20-12-11-18(2)19(3)17-20/h5-6,9-12,17H,4,7-8,13-16H2,1-3H3,(H,25,28). The molecule has 1 amide bonds. The van der Waals surface area contributed by atoms with Crippen molar-refractivity contribution in [2.75, 3.05) is 13.2 Å². The molecule has 0 unspecified atom stereocenters. The minimum absolute atomic E-state index is 0.108. The predicted molar refractivity (Wildman–Crippen MR) is 117 cm³/mol. The summed E-state index contributed by atoms with van der Waals surface area (Å²) >= 11 is 0. The molecule has 0 bridgehead atoms. The average molecular weight is 394 g/mol. The fraction of sp³-hybridized carbons (Fsp3) is 0.417. The van der Waals surface area contributed by atoms with Crippen LogP contribution in [0.2, 0.25) is 0 Å². The van der Waals surface area contributed by atoms with Crippen molar-refractivity contribution in [3.05, 3.63) is 59.4 Å². The van der Waals surface area contributed by atoms with E-state index in [1.54, 1.807) is 0 Å². The zero-order valence-electron chi connectivity index (χ0n) is 17.7. The first-order chi connectivity index (χ1) is 14.1. The van der Waals surface area contributed by atoms with Gasteiger partial charge in [0.2, 0.25) is 5.91 Å². The van der Waals surface area contributed by atoms with Gasteiger partial charge in [0.05, 0.1) is 17.6 Å². The molecule has 0 aliphatic heterocycles. The molecule has 1 heterocycles. The predicted octanol–water partition coefficient (Wildman–Crippen LogP) is 4.58. The topological polar surface area (TPSA) is 56.2 Å². The number of hydrogen-bond acceptors (Lipinski definition) is 3. The number of carbonyl (C=O) groups is 1. The minimum Gasteiger partial charge on any atom is -0.494 e. The highest BCUT2D eigenvalue weighted by Gasteiger charge is 2.11. The number of carbonyl (C=O) groups excluding carboxylic acids is 1. The Morgan fingerprint density at radius 2 is 1.97 bits per heavy atom. The Kier molecular flexibility index (Phi) is 7.28. The van der Waals surface area contributed by atoms with Gasteiger partial charge >= 0.3 is 0 Å². The summed E-state index contributed by atoms with van der Waals surface area (Å²) in [5.41, 5.74) is 4.65. The Morgan fingerprint density at radius 1 is 1.14 bits per heavy atom. The van der Waals surface area contributed by atoms with Crippen LogP contribution in [0.1, 0.15) is 43.1 Å². The number of aromatic nitrogens is 2. The number of nitrogens with one attached hydrogen (secondary N) is 1. The molecule has 0 spiro atoms. The quantitative estimate of drug-likeness (QED) is 0.513. The van der Waals surface area contributed by atoms with Gasteiger partial charge in [-0.05, 0) is 62.1 Å². The SMILES string of the molecule is CCCC(=O)NCCc1nc2ccccc2n1CCCOc1ccc(C)c(C)c1. The molecule has 0 saturated carbocycles. The van der Waals surface area contributed by atoms with E-state index in [0.29, 0.717) is 19.6 Å². The molecule has 3 aromatic rings. The smallest absolute Gasteiger partial charge is 0.219 e. The molecule has 5 heteroatoms. The van der Waals surface area contributed by atoms with Gasteiger partial charge in [-0.15, -0.1) is 0 Å². The van der Waals surface area contributed by atoms with Gasteiger partial charge in [-0.1, -0.05) is 25.1 Å². The normalized spacial score (nSPS) is 11.0. The van der Waals surface area contributed by atoms with Gasteiger partial charge in [-0.2, -0.15) is 0 Å². The third kappa shape index (κ3) is 5.59. The second-order valence-corrected chi connectivity index (χ2v) is 7.47. The number of imidazole rings is 1. The Morgan fingerprint density at radius 3 is 2.76 bits per heavy atom. The van der Waals surface area contributed by atoms with E-state index in [1.807, 2.05) is 31.2 Å². The van der Waals surface area contributed by atoms with E-state index in [4.69, 9.17) is 9.72 Å². The molecular formula is C24H31N3O2. The van der Waals surface area contributed by atoms with Crippen LogP contribution in [0.25, 0.3) is 11.0 Å². The van der Waals surface area contributed by atoms with E-state index >= 15 is 0 Å². The molecule has 3 rings (SSSR count). The number of nitrogens with zero attached hydrogens (tertiary/aromatic N) is 2. The Bertz CT molecular complexity index is 962. The largest absolute Gasteiger partial charge is 0.494 e. The highest BCUT2D eigenvalue weighted by atomic mass is 16.5. The first kappa shape index (κ1) is 20.9. The van der Waals surface area contributed by atoms with Gasteiger partial charge in [-0.3, -0.25) is 4.79 Å². The average Bonchev–Trinajstić information content (AvgIpc) is 3.05. The number of benzene rings is 2. The summed E-state index contributed by atoms with van der Waals surface area (Å²) in [6.07, 6.45) is 3.06. The molecule has 0 saturated heterocycles. The highest BCUT2D eigenvalue weighted by molar-refractivity contribution is 5.76. The van der Waals surface area contributed by atoms with Crippen LogP contribution in [0.15, 0.2) is 42.5 Å². The van der Waals surface area contributed by atoms with Crippen molar-refractivity contribution >= 4 is 16.9 Å². The lowest BCUT2D eigenvalue weighted by atomic mass is 10.1. The molecular weight excluding hydrogens is 362 g/mol. The Labute approximate surface area is 173 Å². The summed E-state index contributed by atoms with van der Waals surface area (Å²) in [5, 5.41) is 2.99. The molecule has 1 aromatic heterocycles. The van der Waals surface area contributed by atoms with Crippen molar-refractivity contribution in [1.29, 1.82) is 0 Å². The second-order valence-electron chi connectivity index (χ2n) is 7.47. The van der Waals surface area contributed by atoms with Crippen LogP contribution in [0, 0.1) is 13.8 Å². The lowest BCUT2D eigenvalue weighted by Crippen LogP contribution is -2.26. The second kappa shape index (κ2) is 10.1. The number of hydrogen-bond donors (Lipinski definition) is 1. The maximum Gasteiger partial charge on any atom is 0.219 e. The van der Waals surface area contributed by atoms with Gasteiger partial charge in [0.15, 0.2) is 0 Å². The fourth-order valence-corrected chi connectivity index (χ4v) is 3.41. The lowest BCUT2D eigenvalue weighted by Gasteiger charge is -2.11. The van der Waals surface area contributed by atoms with E-state index in [2.05, 4.69) is 41.9 Å². The number of para-hydroxylation sites is 2. The summed E-state index contributed by atoms with van der Waals surface area (Å²) < 4.78 is 8.20. The molecule has 1 N–H and O–H groups in total. The monoisotopic (exact) mass is 393 g/mol. The van der Waals surface area contributed by atoms with Crippen molar-refractivity contribution in [1.82, 2.24) is 14.9 Å². The molecule has 0 radical (unpaired) electrons. The van der Waals surface area contributed by atoms with Crippen LogP contribution in [0.3, 0.4) is 0 Å². The van der Waals surface area contributed by atoms with E-state index < -0.39 is 0 Å². The molecule has 5 nitrogen and oxygen atoms in total. The van der Waals surface area contributed by atoms with Gasteiger partial charge < -0.3 is 14.6 Å². The number of rotatable bonds is 10. The first-order valence-corrected chi connectivity index (χ1v) is 10.5. The molecule has 0 atom stereocenters. The maximum absolute atomic E-state index is 11.7. The van der Waals surface area contributed by atoms with Crippen molar-refractivity contribution in [3.63, 3.8) is 0 Å². The van der Waals surface area contributed by atoms with Gasteiger partial charge in [0, 0.05) is 25.9 Å². The molecule has 29 heavy (non-hydrogen) atoms. The van der Waals surface area contributed by atoms with E-state index in [9.17, 15) is 4.79 Å². The maximum atomic E-state index is 11.7. The zero-order chi connectivity index (χ0) is 20.6. The number of ether oxygens (including phenoxy) is 1. The van der Waals surface area contributed by atoms with Crippen LogP contribution in [0.4, 0.5) is 0 Å². The van der Waals surface area contributed by atoms with Gasteiger partial charge in [0.1, 0.15) is 11.6 Å². The van der Waals surface area contributed by atoms with Gasteiger partial charge in [-0.25, -0.2) is 4.98 Å². The van der Waals surface area contributed by atoms with Crippen molar-refractivity contribution in [2.45, 2.75) is 53.0 Å². The molecule has 154 valence electrons. The fourth-order valence-electron chi connectivity index (χ4n) is 3.41. The summed E-state index contributed by atoms with van der Waals surface area (Å²) in [6.45, 7) is 8.33. The molecule has 0 aliphatic rings. The lowest BCUT2D eigenvalue weighted by molar-refractivity contribution is -0.121. The first-order valence-electron chi connectivity index (χ1n) is 10.5. The van der Waals surface area contributed by atoms with Crippen LogP contribution in [0.5, 0.6) is 5.75 Å². The summed E-state index contributed by atoms with van der Waals surface area (Å²) in [4.78, 5) is 16.5. The summed E-state index contributed by atoms with van der Waals surface area (Å²) in [7, 11) is 0. The Hall–Kier alpha value is -2.82. The highest BCUT2D eigenvalue weighted by Crippen LogP contribution is 2.19. The van der Waals surface area contributed by atoms with E-state index in [1.165, 1.54) is 11.1 Å². The van der Waals surface area contributed by atoms with Crippen molar-refractivity contribution in [3.8, 4) is 5.75 Å². The van der Waals surface area contributed by atoms with Crippen molar-refractivity contribution in [2.24, 2.45) is 0 Å². The Balaban J connectivity index is 1.60. The summed E-state index contributed by atoms with van der Waals surface area (Å²) in [5.74, 6) is 2.04. The van der Waals surface area contributed by atoms with Crippen LogP contribution in [-0.2, 0) is 17.8 Å². The van der Waals surface area contributed by atoms with E-state index in [0.717, 1.165) is 48.4 Å². The third-order valence-corrected chi connectivity index (χ3v) is 5.15. The molecule has 0 fully saturated rings. The van der Waals surface area contributed by atoms with Crippen molar-refractivity contribution < 1.29 is 9.53 Å². The van der Waals surface area contributed by atoms with Gasteiger partial charge in [0.25, 0.3) is 0 Å². The summed E-state index contributed by atoms with van der Waals surface area (Å²) in [6, 6.07) is 14.4. The van der Waals surface area contributed by atoms with Crippen LogP contribution < -0.4 is 10.1 Å². The zero-order valence-corrected chi connectivity index (χ0v) is 17.7. The molecule has 2 aromatic carbocycles. The van der Waals surface area contributed by atoms with E-state index in [-0.39, 0.29) is 5.91 Å². The van der Waals surface area contributed by atoms with Crippen LogP contribution in [-0.4, -0.2) is 28.6 Å². The van der Waals surface area contributed by atoms with Crippen LogP contribution >= 0.6 is 0 Å². The number of fused-ring (bicyclic) bond motifs is 1. The number of amides is 1. The minimum atomic E-state index is 0.108. The third-order valence-electron chi connectivity index (χ3n) is 5.15.